The molecule has 0 aliphatic carbocycles. The number of ether oxygens (including phenoxy) is 1. The number of aromatic nitrogens is 4. The van der Waals surface area contributed by atoms with Gasteiger partial charge in [0.25, 0.3) is 0 Å². The SMILES string of the molecule is COC(=O)CCn1c(=O)[nH]/c(=N\c2nc(-c3ccccc3)cs2)n(Cc2ccc(C)cc2)c1=O. The topological polar surface area (TPSA) is 111 Å². The minimum absolute atomic E-state index is 0.0823. The van der Waals surface area contributed by atoms with Crippen LogP contribution in [0.4, 0.5) is 5.13 Å². The fourth-order valence-corrected chi connectivity index (χ4v) is 4.01. The molecular formula is C24H23N5O4S. The predicted octanol–water partition coefficient (Wildman–Crippen LogP) is 2.61. The zero-order valence-corrected chi connectivity index (χ0v) is 19.5. The summed E-state index contributed by atoms with van der Waals surface area (Å²) in [6.45, 7) is 2.05. The first-order valence-corrected chi connectivity index (χ1v) is 11.4. The van der Waals surface area contributed by atoms with Gasteiger partial charge in [-0.05, 0) is 12.5 Å². The Bertz CT molecular complexity index is 1480. The zero-order chi connectivity index (χ0) is 24.1. The van der Waals surface area contributed by atoms with Crippen molar-refractivity contribution in [3.63, 3.8) is 0 Å². The summed E-state index contributed by atoms with van der Waals surface area (Å²) in [6.07, 6.45) is -0.104. The molecule has 0 bridgehead atoms. The maximum Gasteiger partial charge on any atom is 0.335 e. The number of methoxy groups -OCH3 is 1. The van der Waals surface area contributed by atoms with Gasteiger partial charge in [-0.15, -0.1) is 11.3 Å². The summed E-state index contributed by atoms with van der Waals surface area (Å²) < 4.78 is 6.97. The molecule has 0 spiro atoms. The lowest BCUT2D eigenvalue weighted by Gasteiger charge is -2.11. The average Bonchev–Trinajstić information content (AvgIpc) is 3.31. The molecule has 34 heavy (non-hydrogen) atoms. The van der Waals surface area contributed by atoms with Crippen LogP contribution in [0.25, 0.3) is 11.3 Å². The van der Waals surface area contributed by atoms with E-state index < -0.39 is 17.3 Å². The molecule has 0 saturated carbocycles. The first kappa shape index (κ1) is 23.1. The molecule has 0 aliphatic rings. The van der Waals surface area contributed by atoms with Gasteiger partial charge in [0.1, 0.15) is 0 Å². The summed E-state index contributed by atoms with van der Waals surface area (Å²) in [5, 5.41) is 2.27. The van der Waals surface area contributed by atoms with Crippen molar-refractivity contribution in [3.05, 3.63) is 97.7 Å². The van der Waals surface area contributed by atoms with Crippen LogP contribution in [0.15, 0.2) is 74.6 Å². The van der Waals surface area contributed by atoms with E-state index in [2.05, 4.69) is 19.7 Å². The molecule has 0 fully saturated rings. The van der Waals surface area contributed by atoms with E-state index in [-0.39, 0.29) is 25.1 Å². The van der Waals surface area contributed by atoms with E-state index in [1.165, 1.54) is 23.0 Å². The molecule has 4 aromatic rings. The molecule has 0 aliphatic heterocycles. The number of nitrogens with one attached hydrogen (secondary N) is 1. The second-order valence-corrected chi connectivity index (χ2v) is 8.42. The summed E-state index contributed by atoms with van der Waals surface area (Å²) in [7, 11) is 1.26. The van der Waals surface area contributed by atoms with E-state index in [1.807, 2.05) is 66.9 Å². The molecule has 1 N–H and O–H groups in total. The fourth-order valence-electron chi connectivity index (χ4n) is 3.31. The number of thiazole rings is 1. The number of aromatic amines is 1. The van der Waals surface area contributed by atoms with E-state index >= 15 is 0 Å². The number of aryl methyl sites for hydroxylation is 1. The van der Waals surface area contributed by atoms with Crippen LogP contribution in [-0.2, 0) is 22.6 Å². The largest absolute Gasteiger partial charge is 0.469 e. The van der Waals surface area contributed by atoms with Crippen molar-refractivity contribution in [3.8, 4) is 11.3 Å². The molecule has 2 heterocycles. The van der Waals surface area contributed by atoms with Gasteiger partial charge in [-0.3, -0.25) is 14.3 Å². The van der Waals surface area contributed by atoms with Gasteiger partial charge in [-0.2, -0.15) is 4.99 Å². The van der Waals surface area contributed by atoms with Gasteiger partial charge in [-0.1, -0.05) is 60.2 Å². The number of carbonyl (C=O) groups is 1. The Kier molecular flexibility index (Phi) is 6.98. The van der Waals surface area contributed by atoms with Gasteiger partial charge in [0.05, 0.1) is 25.8 Å². The highest BCUT2D eigenvalue weighted by atomic mass is 32.1. The number of hydrogen-bond donors (Lipinski definition) is 1. The minimum Gasteiger partial charge on any atom is -0.469 e. The van der Waals surface area contributed by atoms with Gasteiger partial charge < -0.3 is 4.74 Å². The summed E-state index contributed by atoms with van der Waals surface area (Å²) in [5.74, 6) is -0.513. The van der Waals surface area contributed by atoms with Crippen LogP contribution < -0.4 is 17.0 Å². The maximum absolute atomic E-state index is 13.3. The van der Waals surface area contributed by atoms with Crippen LogP contribution in [0.2, 0.25) is 0 Å². The maximum atomic E-state index is 13.3. The second-order valence-electron chi connectivity index (χ2n) is 7.58. The first-order chi connectivity index (χ1) is 16.4. The molecule has 174 valence electrons. The van der Waals surface area contributed by atoms with Crippen LogP contribution >= 0.6 is 11.3 Å². The summed E-state index contributed by atoms with van der Waals surface area (Å²) >= 11 is 1.31. The highest BCUT2D eigenvalue weighted by molar-refractivity contribution is 7.13. The Labute approximate surface area is 198 Å². The van der Waals surface area contributed by atoms with Crippen molar-refractivity contribution in [1.82, 2.24) is 19.1 Å². The predicted molar refractivity (Wildman–Crippen MR) is 129 cm³/mol. The Balaban J connectivity index is 1.80. The first-order valence-electron chi connectivity index (χ1n) is 10.6. The number of carbonyl (C=O) groups excluding carboxylic acids is 1. The highest BCUT2D eigenvalue weighted by Crippen LogP contribution is 2.25. The van der Waals surface area contributed by atoms with E-state index in [0.717, 1.165) is 27.0 Å². The van der Waals surface area contributed by atoms with Crippen molar-refractivity contribution >= 4 is 22.4 Å². The standard InChI is InChI=1S/C24H23N5O4S/c1-16-8-10-17(11-9-16)14-29-21(27-23(31)28(24(29)32)13-12-20(30)33-2)26-22-25-19(15-34-22)18-6-4-3-5-7-18/h3-11,15H,12-14H2,1-2H3,(H,25,26,27,31). The lowest BCUT2D eigenvalue weighted by molar-refractivity contribution is -0.140. The Hall–Kier alpha value is -4.05. The summed E-state index contributed by atoms with van der Waals surface area (Å²) in [5.41, 5.74) is 2.49. The van der Waals surface area contributed by atoms with Gasteiger partial charge in [0.2, 0.25) is 10.7 Å². The molecule has 2 aromatic heterocycles. The fraction of sp³-hybridized carbons (Fsp3) is 0.208. The zero-order valence-electron chi connectivity index (χ0n) is 18.7. The van der Waals surface area contributed by atoms with Crippen molar-refractivity contribution in [1.29, 1.82) is 0 Å². The summed E-state index contributed by atoms with van der Waals surface area (Å²) in [4.78, 5) is 49.2. The Morgan fingerprint density at radius 3 is 2.53 bits per heavy atom. The number of hydrogen-bond acceptors (Lipinski definition) is 7. The second kappa shape index (κ2) is 10.3. The molecule has 4 rings (SSSR count). The number of H-pyrrole nitrogens is 1. The van der Waals surface area contributed by atoms with Gasteiger partial charge in [0, 0.05) is 17.5 Å². The number of esters is 1. The lowest BCUT2D eigenvalue weighted by atomic mass is 10.1. The van der Waals surface area contributed by atoms with Crippen LogP contribution in [0.1, 0.15) is 17.5 Å². The molecule has 0 amide bonds. The molecule has 0 unspecified atom stereocenters. The average molecular weight is 478 g/mol. The highest BCUT2D eigenvalue weighted by Gasteiger charge is 2.12. The quantitative estimate of drug-likeness (QED) is 0.411. The van der Waals surface area contributed by atoms with Gasteiger partial charge in [-0.25, -0.2) is 19.1 Å². The van der Waals surface area contributed by atoms with E-state index in [4.69, 9.17) is 0 Å². The van der Waals surface area contributed by atoms with Crippen molar-refractivity contribution in [2.24, 2.45) is 4.99 Å². The van der Waals surface area contributed by atoms with Gasteiger partial charge in [0.15, 0.2) is 0 Å². The molecule has 2 aromatic carbocycles. The third kappa shape index (κ3) is 5.29. The van der Waals surface area contributed by atoms with Crippen molar-refractivity contribution in [2.45, 2.75) is 26.4 Å². The third-order valence-corrected chi connectivity index (χ3v) is 5.91. The molecule has 10 heteroatoms. The van der Waals surface area contributed by atoms with E-state index in [9.17, 15) is 14.4 Å². The van der Waals surface area contributed by atoms with Crippen molar-refractivity contribution < 1.29 is 9.53 Å². The van der Waals surface area contributed by atoms with Crippen LogP contribution in [-0.4, -0.2) is 32.2 Å². The number of rotatable bonds is 7. The normalized spacial score (nSPS) is 11.5. The number of nitrogens with zero attached hydrogens (tertiary/aromatic N) is 4. The van der Waals surface area contributed by atoms with Crippen LogP contribution in [0.5, 0.6) is 0 Å². The Morgan fingerprint density at radius 2 is 1.82 bits per heavy atom. The smallest absolute Gasteiger partial charge is 0.335 e. The van der Waals surface area contributed by atoms with E-state index in [0.29, 0.717) is 5.13 Å². The van der Waals surface area contributed by atoms with Gasteiger partial charge >= 0.3 is 17.3 Å². The molecule has 0 saturated heterocycles. The summed E-state index contributed by atoms with van der Waals surface area (Å²) in [6, 6.07) is 17.4. The van der Waals surface area contributed by atoms with Crippen LogP contribution in [0, 0.1) is 6.92 Å². The van der Waals surface area contributed by atoms with Crippen LogP contribution in [0.3, 0.4) is 0 Å². The van der Waals surface area contributed by atoms with E-state index in [1.54, 1.807) is 0 Å². The van der Waals surface area contributed by atoms with Crippen molar-refractivity contribution in [2.75, 3.05) is 7.11 Å². The Morgan fingerprint density at radius 1 is 1.09 bits per heavy atom. The molecular weight excluding hydrogens is 454 g/mol. The molecule has 9 nitrogen and oxygen atoms in total. The monoisotopic (exact) mass is 477 g/mol. The lowest BCUT2D eigenvalue weighted by Crippen LogP contribution is -2.50. The third-order valence-electron chi connectivity index (χ3n) is 5.17. The minimum atomic E-state index is -0.660. The molecule has 0 atom stereocenters. The number of benzene rings is 2. The molecule has 0 radical (unpaired) electrons.